The molecule has 0 radical (unpaired) electrons. The number of hydrogen-bond acceptors (Lipinski definition) is 4. The monoisotopic (exact) mass is 438 g/mol. The van der Waals surface area contributed by atoms with Gasteiger partial charge in [0.25, 0.3) is 5.91 Å². The largest absolute Gasteiger partial charge is 0.488 e. The summed E-state index contributed by atoms with van der Waals surface area (Å²) in [5.41, 5.74) is 3.06. The van der Waals surface area contributed by atoms with Gasteiger partial charge in [-0.15, -0.1) is 0 Å². The van der Waals surface area contributed by atoms with Gasteiger partial charge in [-0.2, -0.15) is 5.01 Å². The Bertz CT molecular complexity index is 1150. The van der Waals surface area contributed by atoms with Gasteiger partial charge in [0.15, 0.2) is 4.32 Å². The second-order valence-corrected chi connectivity index (χ2v) is 8.52. The fraction of sp³-hybridized carbons (Fsp3) is 0.130. The Labute approximate surface area is 183 Å². The molecule has 4 nitrogen and oxygen atoms in total. The van der Waals surface area contributed by atoms with Gasteiger partial charge in [0, 0.05) is 22.5 Å². The Morgan fingerprint density at radius 1 is 1.03 bits per heavy atom. The Balaban J connectivity index is 1.60. The first-order chi connectivity index (χ1) is 14.5. The van der Waals surface area contributed by atoms with Gasteiger partial charge in [-0.1, -0.05) is 48.2 Å². The van der Waals surface area contributed by atoms with Crippen molar-refractivity contribution < 1.29 is 13.9 Å². The normalized spacial score (nSPS) is 15.3. The highest BCUT2D eigenvalue weighted by Gasteiger charge is 2.34. The van der Waals surface area contributed by atoms with Crippen LogP contribution in [0.1, 0.15) is 22.5 Å². The summed E-state index contributed by atoms with van der Waals surface area (Å²) < 4.78 is 22.0. The average molecular weight is 439 g/mol. The molecule has 0 aliphatic carbocycles. The van der Waals surface area contributed by atoms with E-state index in [1.54, 1.807) is 30.3 Å². The Kier molecular flexibility index (Phi) is 5.74. The number of thiocarbonyl (C=S) groups is 1. The summed E-state index contributed by atoms with van der Waals surface area (Å²) >= 11 is 6.72. The van der Waals surface area contributed by atoms with Crippen molar-refractivity contribution in [3.63, 3.8) is 0 Å². The number of ether oxygens (including phenoxy) is 1. The molecule has 152 valence electrons. The van der Waals surface area contributed by atoms with E-state index < -0.39 is 0 Å². The SMILES string of the molecule is Cc1ccc(C)n1N1C(=O)/C(=C\c2ccccc2OCc2ccccc2F)SC1=S. The Morgan fingerprint density at radius 2 is 1.70 bits per heavy atom. The molecule has 2 heterocycles. The number of para-hydroxylation sites is 1. The summed E-state index contributed by atoms with van der Waals surface area (Å²) in [6.07, 6.45) is 1.77. The van der Waals surface area contributed by atoms with Gasteiger partial charge in [0.05, 0.1) is 4.91 Å². The quantitative estimate of drug-likeness (QED) is 0.397. The number of aryl methyl sites for hydroxylation is 2. The summed E-state index contributed by atoms with van der Waals surface area (Å²) in [4.78, 5) is 13.6. The number of thioether (sulfide) groups is 1. The molecule has 4 rings (SSSR count). The van der Waals surface area contributed by atoms with Gasteiger partial charge < -0.3 is 4.74 Å². The van der Waals surface area contributed by atoms with E-state index >= 15 is 0 Å². The van der Waals surface area contributed by atoms with Crippen LogP contribution in [0.15, 0.2) is 65.6 Å². The number of nitrogens with zero attached hydrogens (tertiary/aromatic N) is 2. The lowest BCUT2D eigenvalue weighted by atomic mass is 10.1. The highest BCUT2D eigenvalue weighted by molar-refractivity contribution is 8.27. The van der Waals surface area contributed by atoms with E-state index in [-0.39, 0.29) is 18.3 Å². The number of halogens is 1. The smallest absolute Gasteiger partial charge is 0.285 e. The van der Waals surface area contributed by atoms with Crippen LogP contribution in [0.25, 0.3) is 6.08 Å². The number of hydrogen-bond donors (Lipinski definition) is 0. The summed E-state index contributed by atoms with van der Waals surface area (Å²) in [6, 6.07) is 17.8. The molecule has 0 bridgehead atoms. The predicted molar refractivity (Wildman–Crippen MR) is 122 cm³/mol. The standard InChI is InChI=1S/C23H19FN2O2S2/c1-15-11-12-16(2)25(15)26-22(27)21(30-23(26)29)13-17-7-4-6-10-20(17)28-14-18-8-3-5-9-19(18)24/h3-13H,14H2,1-2H3/b21-13+. The molecule has 1 amide bonds. The molecule has 2 aromatic carbocycles. The molecule has 0 atom stereocenters. The molecule has 1 aliphatic rings. The number of aromatic nitrogens is 1. The third-order valence-electron chi connectivity index (χ3n) is 4.75. The summed E-state index contributed by atoms with van der Waals surface area (Å²) in [7, 11) is 0. The first-order valence-corrected chi connectivity index (χ1v) is 10.6. The van der Waals surface area contributed by atoms with E-state index in [0.717, 1.165) is 17.0 Å². The van der Waals surface area contributed by atoms with E-state index in [2.05, 4.69) is 0 Å². The molecule has 1 saturated heterocycles. The van der Waals surface area contributed by atoms with Crippen molar-refractivity contribution in [1.82, 2.24) is 4.68 Å². The van der Waals surface area contributed by atoms with Crippen molar-refractivity contribution in [1.29, 1.82) is 0 Å². The van der Waals surface area contributed by atoms with Gasteiger partial charge in [-0.25, -0.2) is 4.39 Å². The van der Waals surface area contributed by atoms with Crippen LogP contribution >= 0.6 is 24.0 Å². The topological polar surface area (TPSA) is 34.5 Å². The zero-order valence-corrected chi connectivity index (χ0v) is 18.1. The molecular weight excluding hydrogens is 419 g/mol. The van der Waals surface area contributed by atoms with E-state index in [0.29, 0.717) is 20.5 Å². The zero-order chi connectivity index (χ0) is 21.3. The second kappa shape index (κ2) is 8.45. The van der Waals surface area contributed by atoms with Crippen molar-refractivity contribution >= 4 is 40.3 Å². The van der Waals surface area contributed by atoms with E-state index in [9.17, 15) is 9.18 Å². The van der Waals surface area contributed by atoms with Crippen molar-refractivity contribution in [3.05, 3.63) is 93.9 Å². The van der Waals surface area contributed by atoms with Crippen molar-refractivity contribution in [2.24, 2.45) is 0 Å². The lowest BCUT2D eigenvalue weighted by Gasteiger charge is -2.20. The molecule has 1 aromatic heterocycles. The summed E-state index contributed by atoms with van der Waals surface area (Å²) in [6.45, 7) is 3.96. The third-order valence-corrected chi connectivity index (χ3v) is 6.04. The molecule has 3 aromatic rings. The fourth-order valence-electron chi connectivity index (χ4n) is 3.25. The van der Waals surface area contributed by atoms with Crippen LogP contribution in [0.4, 0.5) is 4.39 Å². The summed E-state index contributed by atoms with van der Waals surface area (Å²) in [5.74, 6) is 0.0731. The number of benzene rings is 2. The first kappa shape index (κ1) is 20.4. The maximum Gasteiger partial charge on any atom is 0.285 e. The minimum absolute atomic E-state index is 0.0975. The number of rotatable bonds is 5. The maximum atomic E-state index is 13.9. The molecule has 1 fully saturated rings. The van der Waals surface area contributed by atoms with Gasteiger partial charge in [0.1, 0.15) is 18.2 Å². The van der Waals surface area contributed by atoms with E-state index in [4.69, 9.17) is 17.0 Å². The van der Waals surface area contributed by atoms with Crippen LogP contribution in [0.5, 0.6) is 5.75 Å². The van der Waals surface area contributed by atoms with Crippen molar-refractivity contribution in [3.8, 4) is 5.75 Å². The van der Waals surface area contributed by atoms with Crippen LogP contribution < -0.4 is 9.75 Å². The van der Waals surface area contributed by atoms with Crippen LogP contribution in [-0.2, 0) is 11.4 Å². The van der Waals surface area contributed by atoms with Crippen LogP contribution in [-0.4, -0.2) is 14.9 Å². The highest BCUT2D eigenvalue weighted by Crippen LogP contribution is 2.34. The molecule has 0 spiro atoms. The van der Waals surface area contributed by atoms with Gasteiger partial charge >= 0.3 is 0 Å². The highest BCUT2D eigenvalue weighted by atomic mass is 32.2. The number of carbonyl (C=O) groups excluding carboxylic acids is 1. The second-order valence-electron chi connectivity index (χ2n) is 6.84. The van der Waals surface area contributed by atoms with Gasteiger partial charge in [-0.05, 0) is 56.4 Å². The Morgan fingerprint density at radius 3 is 2.43 bits per heavy atom. The third kappa shape index (κ3) is 3.91. The van der Waals surface area contributed by atoms with Crippen molar-refractivity contribution in [2.75, 3.05) is 5.01 Å². The predicted octanol–water partition coefficient (Wildman–Crippen LogP) is 5.36. The fourth-order valence-corrected chi connectivity index (χ4v) is 4.48. The van der Waals surface area contributed by atoms with Gasteiger partial charge in [-0.3, -0.25) is 9.47 Å². The number of amides is 1. The number of carbonyl (C=O) groups is 1. The van der Waals surface area contributed by atoms with Crippen LogP contribution in [0, 0.1) is 19.7 Å². The Hall–Kier alpha value is -2.90. The minimum Gasteiger partial charge on any atom is -0.488 e. The lowest BCUT2D eigenvalue weighted by molar-refractivity contribution is -0.114. The van der Waals surface area contributed by atoms with Gasteiger partial charge in [0.2, 0.25) is 0 Å². The molecular formula is C23H19FN2O2S2. The molecule has 0 N–H and O–H groups in total. The molecule has 7 heteroatoms. The van der Waals surface area contributed by atoms with Crippen LogP contribution in [0.3, 0.4) is 0 Å². The lowest BCUT2D eigenvalue weighted by Crippen LogP contribution is -2.39. The van der Waals surface area contributed by atoms with E-state index in [1.165, 1.54) is 22.8 Å². The molecule has 0 saturated carbocycles. The minimum atomic E-state index is -0.312. The molecule has 30 heavy (non-hydrogen) atoms. The van der Waals surface area contributed by atoms with E-state index in [1.807, 2.05) is 48.9 Å². The maximum absolute atomic E-state index is 13.9. The molecule has 1 aliphatic heterocycles. The molecule has 0 unspecified atom stereocenters. The van der Waals surface area contributed by atoms with Crippen molar-refractivity contribution in [2.45, 2.75) is 20.5 Å². The first-order valence-electron chi connectivity index (χ1n) is 9.34. The average Bonchev–Trinajstić information content (AvgIpc) is 3.19. The zero-order valence-electron chi connectivity index (χ0n) is 16.5. The summed E-state index contributed by atoms with van der Waals surface area (Å²) in [5, 5.41) is 1.51. The van der Waals surface area contributed by atoms with Crippen LogP contribution in [0.2, 0.25) is 0 Å².